The van der Waals surface area contributed by atoms with Crippen LogP contribution in [0.15, 0.2) is 28.1 Å². The molecule has 2 atom stereocenters. The number of amides is 2. The standard InChI is InChI=1S/C20H19F2N5O6S/c1-25(31-2)17(28)20(21,22)33-13-4-3-12(16-23-5-6-34-16)15-14(13)24-18(32-15)26-8-10-7-11(9-26)27(10)19(29)30/h3-6,10-11H,7-9H2,1-2H3,(H,29,30). The summed E-state index contributed by atoms with van der Waals surface area (Å²) in [5, 5.41) is 12.0. The van der Waals surface area contributed by atoms with Crippen LogP contribution in [0, 0.1) is 0 Å². The zero-order valence-corrected chi connectivity index (χ0v) is 18.8. The van der Waals surface area contributed by atoms with Gasteiger partial charge in [-0.1, -0.05) is 0 Å². The van der Waals surface area contributed by atoms with E-state index in [1.807, 2.05) is 0 Å². The third-order valence-corrected chi connectivity index (χ3v) is 6.70. The van der Waals surface area contributed by atoms with Gasteiger partial charge in [0, 0.05) is 31.7 Å². The van der Waals surface area contributed by atoms with Gasteiger partial charge in [-0.25, -0.2) is 14.8 Å². The fraction of sp³-hybridized carbons (Fsp3) is 0.400. The summed E-state index contributed by atoms with van der Waals surface area (Å²) in [4.78, 5) is 39.7. The second-order valence-corrected chi connectivity index (χ2v) is 8.76. The number of carbonyl (C=O) groups excluding carboxylic acids is 1. The van der Waals surface area contributed by atoms with E-state index in [1.54, 1.807) is 16.5 Å². The van der Waals surface area contributed by atoms with Crippen LogP contribution in [-0.4, -0.2) is 82.5 Å². The van der Waals surface area contributed by atoms with E-state index in [9.17, 15) is 23.5 Å². The van der Waals surface area contributed by atoms with Crippen LogP contribution in [0.4, 0.5) is 19.6 Å². The molecule has 2 amide bonds. The topological polar surface area (TPSA) is 121 Å². The highest BCUT2D eigenvalue weighted by Gasteiger charge is 2.49. The first kappa shape index (κ1) is 22.3. The number of piperidine rings is 1. The van der Waals surface area contributed by atoms with Gasteiger partial charge in [0.15, 0.2) is 16.8 Å². The third-order valence-electron chi connectivity index (χ3n) is 5.89. The van der Waals surface area contributed by atoms with Crippen LogP contribution in [0.5, 0.6) is 5.75 Å². The number of nitrogens with zero attached hydrogens (tertiary/aromatic N) is 5. The normalized spacial score (nSPS) is 19.8. The molecule has 3 aliphatic heterocycles. The van der Waals surface area contributed by atoms with Crippen molar-refractivity contribution in [1.29, 1.82) is 0 Å². The number of rotatable bonds is 6. The summed E-state index contributed by atoms with van der Waals surface area (Å²) in [5.74, 6) is -2.05. The van der Waals surface area contributed by atoms with Crippen LogP contribution in [0.3, 0.4) is 0 Å². The van der Waals surface area contributed by atoms with Crippen LogP contribution < -0.4 is 9.64 Å². The molecule has 0 radical (unpaired) electrons. The maximum Gasteiger partial charge on any atom is 0.484 e. The van der Waals surface area contributed by atoms with Crippen molar-refractivity contribution in [3.8, 4) is 16.3 Å². The number of hydroxylamine groups is 2. The molecule has 11 nitrogen and oxygen atoms in total. The summed E-state index contributed by atoms with van der Waals surface area (Å²) >= 11 is 1.33. The van der Waals surface area contributed by atoms with Gasteiger partial charge in [-0.3, -0.25) is 14.5 Å². The summed E-state index contributed by atoms with van der Waals surface area (Å²) in [5.41, 5.74) is 0.679. The Bertz CT molecular complexity index is 1240. The summed E-state index contributed by atoms with van der Waals surface area (Å²) in [6.45, 7) is 0.706. The molecule has 6 rings (SSSR count). The molecule has 3 fully saturated rings. The van der Waals surface area contributed by atoms with E-state index >= 15 is 0 Å². The van der Waals surface area contributed by atoms with Crippen molar-refractivity contribution in [2.75, 3.05) is 32.1 Å². The summed E-state index contributed by atoms with van der Waals surface area (Å²) < 4.78 is 39.9. The van der Waals surface area contributed by atoms with E-state index in [-0.39, 0.29) is 34.9 Å². The van der Waals surface area contributed by atoms with Crippen LogP contribution in [0.2, 0.25) is 0 Å². The fourth-order valence-corrected chi connectivity index (χ4v) is 4.90. The molecule has 3 aliphatic rings. The minimum absolute atomic E-state index is 0.00965. The SMILES string of the molecule is CON(C)C(=O)C(F)(F)Oc1ccc(-c2nccs2)c2oc(N3CC4CC(C3)N4C(=O)O)nc12. The molecule has 34 heavy (non-hydrogen) atoms. The first-order valence-corrected chi connectivity index (χ1v) is 11.1. The van der Waals surface area contributed by atoms with Gasteiger partial charge in [0.1, 0.15) is 5.01 Å². The van der Waals surface area contributed by atoms with E-state index in [0.717, 1.165) is 20.6 Å². The number of oxazole rings is 1. The predicted octanol–water partition coefficient (Wildman–Crippen LogP) is 2.88. The van der Waals surface area contributed by atoms with Gasteiger partial charge in [0.25, 0.3) is 6.01 Å². The molecule has 3 aromatic rings. The number of piperazine rings is 1. The first-order chi connectivity index (χ1) is 16.2. The summed E-state index contributed by atoms with van der Waals surface area (Å²) in [6, 6.07) is 2.52. The summed E-state index contributed by atoms with van der Waals surface area (Å²) in [6.07, 6.45) is -2.87. The second-order valence-electron chi connectivity index (χ2n) is 7.86. The molecule has 1 aromatic carbocycles. The molecule has 3 saturated heterocycles. The Morgan fingerprint density at radius 3 is 2.68 bits per heavy atom. The molecule has 5 heterocycles. The lowest BCUT2D eigenvalue weighted by atomic mass is 9.88. The Kier molecular flexibility index (Phi) is 5.28. The minimum atomic E-state index is -4.23. The minimum Gasteiger partial charge on any atom is -0.465 e. The molecule has 0 saturated carbocycles. The first-order valence-electron chi connectivity index (χ1n) is 10.2. The number of aromatic nitrogens is 2. The molecule has 2 unspecified atom stereocenters. The van der Waals surface area contributed by atoms with Crippen LogP contribution in [-0.2, 0) is 9.63 Å². The van der Waals surface area contributed by atoms with E-state index in [2.05, 4.69) is 14.8 Å². The van der Waals surface area contributed by atoms with Crippen molar-refractivity contribution in [3.05, 3.63) is 23.7 Å². The Balaban J connectivity index is 1.52. The van der Waals surface area contributed by atoms with E-state index < -0.39 is 18.1 Å². The van der Waals surface area contributed by atoms with Crippen molar-refractivity contribution in [2.45, 2.75) is 24.6 Å². The average Bonchev–Trinajstić information content (AvgIpc) is 3.48. The zero-order chi connectivity index (χ0) is 24.2. The number of ether oxygens (including phenoxy) is 1. The van der Waals surface area contributed by atoms with E-state index in [4.69, 9.17) is 9.15 Å². The van der Waals surface area contributed by atoms with Crippen molar-refractivity contribution >= 4 is 40.5 Å². The number of carboxylic acid groups (broad SMARTS) is 1. The molecule has 0 aliphatic carbocycles. The predicted molar refractivity (Wildman–Crippen MR) is 115 cm³/mol. The number of fused-ring (bicyclic) bond motifs is 3. The Morgan fingerprint density at radius 2 is 2.06 bits per heavy atom. The van der Waals surface area contributed by atoms with Crippen molar-refractivity contribution in [2.24, 2.45) is 0 Å². The van der Waals surface area contributed by atoms with E-state index in [1.165, 1.54) is 28.4 Å². The van der Waals surface area contributed by atoms with Gasteiger partial charge in [-0.15, -0.1) is 11.3 Å². The lowest BCUT2D eigenvalue weighted by Crippen LogP contribution is -2.70. The Hall–Kier alpha value is -3.52. The van der Waals surface area contributed by atoms with E-state index in [0.29, 0.717) is 28.7 Å². The Morgan fingerprint density at radius 1 is 1.32 bits per heavy atom. The number of hydrogen-bond acceptors (Lipinski definition) is 9. The average molecular weight is 495 g/mol. The molecule has 180 valence electrons. The maximum atomic E-state index is 14.5. The molecular weight excluding hydrogens is 476 g/mol. The van der Waals surface area contributed by atoms with Gasteiger partial charge >= 0.3 is 18.1 Å². The number of alkyl halides is 2. The maximum absolute atomic E-state index is 14.5. The highest BCUT2D eigenvalue weighted by molar-refractivity contribution is 7.13. The van der Waals surface area contributed by atoms with Crippen molar-refractivity contribution < 1.29 is 37.5 Å². The quantitative estimate of drug-likeness (QED) is 0.515. The van der Waals surface area contributed by atoms with Gasteiger partial charge in [0.05, 0.1) is 24.8 Å². The van der Waals surface area contributed by atoms with Crippen molar-refractivity contribution in [1.82, 2.24) is 19.9 Å². The lowest BCUT2D eigenvalue weighted by Gasteiger charge is -2.54. The second kappa shape index (κ2) is 8.06. The van der Waals surface area contributed by atoms with Gasteiger partial charge < -0.3 is 19.2 Å². The van der Waals surface area contributed by atoms with Crippen LogP contribution in [0.25, 0.3) is 21.7 Å². The molecular formula is C20H19F2N5O6S. The molecule has 2 aromatic heterocycles. The number of thiazole rings is 1. The largest absolute Gasteiger partial charge is 0.484 e. The van der Waals surface area contributed by atoms with Crippen molar-refractivity contribution in [3.63, 3.8) is 0 Å². The highest BCUT2D eigenvalue weighted by atomic mass is 32.1. The highest BCUT2D eigenvalue weighted by Crippen LogP contribution is 2.41. The van der Waals surface area contributed by atoms with Gasteiger partial charge in [-0.2, -0.15) is 13.8 Å². The Labute approximate surface area is 195 Å². The van der Waals surface area contributed by atoms with Crippen LogP contribution >= 0.6 is 11.3 Å². The number of likely N-dealkylation sites (N-methyl/N-ethyl adjacent to an activating group) is 1. The smallest absolute Gasteiger partial charge is 0.465 e. The van der Waals surface area contributed by atoms with Crippen LogP contribution in [0.1, 0.15) is 6.42 Å². The number of carbonyl (C=O) groups is 2. The number of benzene rings is 1. The lowest BCUT2D eigenvalue weighted by molar-refractivity contribution is -0.231. The third kappa shape index (κ3) is 3.58. The monoisotopic (exact) mass is 495 g/mol. The molecule has 14 heteroatoms. The molecule has 2 bridgehead atoms. The number of halogens is 2. The molecule has 1 N–H and O–H groups in total. The summed E-state index contributed by atoms with van der Waals surface area (Å²) in [7, 11) is 2.12. The number of anilines is 1. The zero-order valence-electron chi connectivity index (χ0n) is 18.0. The molecule has 0 spiro atoms. The number of hydrogen-bond donors (Lipinski definition) is 1. The van der Waals surface area contributed by atoms with Gasteiger partial charge in [-0.05, 0) is 18.6 Å². The van der Waals surface area contributed by atoms with Gasteiger partial charge in [0.2, 0.25) is 0 Å². The fourth-order valence-electron chi connectivity index (χ4n) is 4.24.